The molecule has 1 heterocycles. The van der Waals surface area contributed by atoms with Crippen LogP contribution in [0.5, 0.6) is 0 Å². The Balaban J connectivity index is 1.88. The number of halogens is 1. The van der Waals surface area contributed by atoms with Gasteiger partial charge in [-0.25, -0.2) is 4.98 Å². The van der Waals surface area contributed by atoms with Crippen LogP contribution in [0.1, 0.15) is 15.9 Å². The number of benzene rings is 1. The summed E-state index contributed by atoms with van der Waals surface area (Å²) >= 11 is 0. The van der Waals surface area contributed by atoms with Crippen molar-refractivity contribution in [2.45, 2.75) is 6.61 Å². The number of ether oxygens (including phenoxy) is 1. The van der Waals surface area contributed by atoms with E-state index in [9.17, 15) is 9.18 Å². The van der Waals surface area contributed by atoms with Crippen molar-refractivity contribution < 1.29 is 13.9 Å². The highest BCUT2D eigenvalue weighted by atomic mass is 19.1. The van der Waals surface area contributed by atoms with Crippen molar-refractivity contribution >= 4 is 5.78 Å². The van der Waals surface area contributed by atoms with Crippen LogP contribution in [-0.4, -0.2) is 17.4 Å². The summed E-state index contributed by atoms with van der Waals surface area (Å²) in [5.74, 6) is -1.16. The molecule has 4 heteroatoms. The Morgan fingerprint density at radius 2 is 1.94 bits per heavy atom. The number of pyridine rings is 1. The fraction of sp³-hybridized carbons (Fsp3) is 0.143. The molecule has 0 unspecified atom stereocenters. The number of rotatable bonds is 5. The molecule has 2 rings (SSSR count). The Morgan fingerprint density at radius 1 is 1.17 bits per heavy atom. The minimum absolute atomic E-state index is 0.0365. The molecule has 0 aliphatic carbocycles. The number of nitrogens with zero attached hydrogens (tertiary/aromatic N) is 1. The van der Waals surface area contributed by atoms with Crippen LogP contribution in [-0.2, 0) is 11.3 Å². The Kier molecular flexibility index (Phi) is 4.15. The molecule has 0 saturated carbocycles. The van der Waals surface area contributed by atoms with Crippen LogP contribution in [0.2, 0.25) is 0 Å². The lowest BCUT2D eigenvalue weighted by Gasteiger charge is -2.04. The second-order valence-corrected chi connectivity index (χ2v) is 3.74. The Hall–Kier alpha value is -2.07. The van der Waals surface area contributed by atoms with Crippen LogP contribution in [0, 0.1) is 5.95 Å². The molecular weight excluding hydrogens is 233 g/mol. The van der Waals surface area contributed by atoms with Crippen LogP contribution in [0.3, 0.4) is 0 Å². The average Bonchev–Trinajstić information content (AvgIpc) is 2.40. The summed E-state index contributed by atoms with van der Waals surface area (Å²) < 4.78 is 18.4. The quantitative estimate of drug-likeness (QED) is 0.600. The first-order valence-electron chi connectivity index (χ1n) is 5.53. The van der Waals surface area contributed by atoms with Crippen LogP contribution >= 0.6 is 0 Å². The second kappa shape index (κ2) is 6.02. The summed E-state index contributed by atoms with van der Waals surface area (Å²) in [5.41, 5.74) is 0.933. The molecule has 1 aromatic heterocycles. The number of hydrogen-bond acceptors (Lipinski definition) is 3. The molecule has 0 atom stereocenters. The molecule has 0 fully saturated rings. The van der Waals surface area contributed by atoms with E-state index in [0.717, 1.165) is 5.56 Å². The molecule has 2 aromatic rings. The maximum absolute atomic E-state index is 13.2. The van der Waals surface area contributed by atoms with Gasteiger partial charge in [0, 0.05) is 6.20 Å². The smallest absolute Gasteiger partial charge is 0.223 e. The number of carbonyl (C=O) groups excluding carboxylic acids is 1. The molecule has 0 spiro atoms. The van der Waals surface area contributed by atoms with E-state index in [1.165, 1.54) is 18.3 Å². The van der Waals surface area contributed by atoms with Crippen LogP contribution in [0.4, 0.5) is 4.39 Å². The van der Waals surface area contributed by atoms with Crippen molar-refractivity contribution in [1.82, 2.24) is 4.98 Å². The summed E-state index contributed by atoms with van der Waals surface area (Å²) in [6, 6.07) is 12.4. The van der Waals surface area contributed by atoms with Crippen molar-refractivity contribution in [2.24, 2.45) is 0 Å². The molecule has 0 aliphatic rings. The van der Waals surface area contributed by atoms with E-state index in [1.807, 2.05) is 30.3 Å². The molecule has 0 radical (unpaired) electrons. The Labute approximate surface area is 104 Å². The minimum Gasteiger partial charge on any atom is -0.369 e. The molecule has 0 bridgehead atoms. The fourth-order valence-corrected chi connectivity index (χ4v) is 1.51. The highest BCUT2D eigenvalue weighted by Crippen LogP contribution is 2.06. The predicted molar refractivity (Wildman–Crippen MR) is 64.6 cm³/mol. The summed E-state index contributed by atoms with van der Waals surface area (Å²) in [6.45, 7) is 0.173. The molecule has 3 nitrogen and oxygen atoms in total. The third kappa shape index (κ3) is 3.21. The summed E-state index contributed by atoms with van der Waals surface area (Å²) in [6.07, 6.45) is 1.30. The summed E-state index contributed by atoms with van der Waals surface area (Å²) in [4.78, 5) is 15.1. The molecule has 0 amide bonds. The number of aromatic nitrogens is 1. The molecule has 18 heavy (non-hydrogen) atoms. The third-order valence-corrected chi connectivity index (χ3v) is 2.40. The van der Waals surface area contributed by atoms with Gasteiger partial charge in [-0.05, 0) is 17.7 Å². The number of hydrogen-bond donors (Lipinski definition) is 0. The van der Waals surface area contributed by atoms with Gasteiger partial charge in [0.25, 0.3) is 0 Å². The molecule has 92 valence electrons. The lowest BCUT2D eigenvalue weighted by Crippen LogP contribution is -2.11. The van der Waals surface area contributed by atoms with Crippen molar-refractivity contribution in [3.05, 3.63) is 65.7 Å². The monoisotopic (exact) mass is 245 g/mol. The van der Waals surface area contributed by atoms with Gasteiger partial charge in [0.2, 0.25) is 5.95 Å². The zero-order valence-electron chi connectivity index (χ0n) is 9.67. The van der Waals surface area contributed by atoms with Crippen LogP contribution in [0.15, 0.2) is 48.7 Å². The van der Waals surface area contributed by atoms with Gasteiger partial charge in [-0.15, -0.1) is 0 Å². The number of Topliss-reactive ketones (excluding diaryl/α,β-unsaturated/α-hetero) is 1. The highest BCUT2D eigenvalue weighted by Gasteiger charge is 2.11. The summed E-state index contributed by atoms with van der Waals surface area (Å²) in [5, 5.41) is 0. The van der Waals surface area contributed by atoms with E-state index in [-0.39, 0.29) is 12.2 Å². The second-order valence-electron chi connectivity index (χ2n) is 3.74. The van der Waals surface area contributed by atoms with Gasteiger partial charge in [-0.2, -0.15) is 4.39 Å². The van der Waals surface area contributed by atoms with Gasteiger partial charge in [0.05, 0.1) is 12.2 Å². The average molecular weight is 245 g/mol. The SMILES string of the molecule is O=C(COCc1ccccc1)c1cccnc1F. The minimum atomic E-state index is -0.759. The lowest BCUT2D eigenvalue weighted by molar-refractivity contribution is 0.0722. The fourth-order valence-electron chi connectivity index (χ4n) is 1.51. The normalized spacial score (nSPS) is 10.3. The van der Waals surface area contributed by atoms with Crippen molar-refractivity contribution in [3.63, 3.8) is 0 Å². The molecule has 0 saturated heterocycles. The zero-order chi connectivity index (χ0) is 12.8. The van der Waals surface area contributed by atoms with Gasteiger partial charge < -0.3 is 4.74 Å². The molecule has 1 aromatic carbocycles. The molecule has 0 aliphatic heterocycles. The van der Waals surface area contributed by atoms with Gasteiger partial charge in [0.15, 0.2) is 5.78 Å². The van der Waals surface area contributed by atoms with Gasteiger partial charge >= 0.3 is 0 Å². The van der Waals surface area contributed by atoms with Gasteiger partial charge in [0.1, 0.15) is 6.61 Å². The van der Waals surface area contributed by atoms with E-state index < -0.39 is 11.7 Å². The topological polar surface area (TPSA) is 39.2 Å². The first kappa shape index (κ1) is 12.4. The Morgan fingerprint density at radius 3 is 2.67 bits per heavy atom. The first-order valence-corrected chi connectivity index (χ1v) is 5.53. The number of carbonyl (C=O) groups is 1. The van der Waals surface area contributed by atoms with E-state index in [2.05, 4.69) is 4.98 Å². The highest BCUT2D eigenvalue weighted by molar-refractivity contribution is 5.96. The van der Waals surface area contributed by atoms with Crippen molar-refractivity contribution in [2.75, 3.05) is 6.61 Å². The van der Waals surface area contributed by atoms with Crippen molar-refractivity contribution in [1.29, 1.82) is 0 Å². The third-order valence-electron chi connectivity index (χ3n) is 2.40. The van der Waals surface area contributed by atoms with Crippen molar-refractivity contribution in [3.8, 4) is 0 Å². The van der Waals surface area contributed by atoms with Gasteiger partial charge in [-0.3, -0.25) is 4.79 Å². The van der Waals surface area contributed by atoms with E-state index in [1.54, 1.807) is 0 Å². The van der Waals surface area contributed by atoms with Crippen LogP contribution < -0.4 is 0 Å². The Bertz CT molecular complexity index is 528. The van der Waals surface area contributed by atoms with Crippen LogP contribution in [0.25, 0.3) is 0 Å². The first-order chi connectivity index (χ1) is 8.77. The van der Waals surface area contributed by atoms with E-state index in [0.29, 0.717) is 6.61 Å². The summed E-state index contributed by atoms with van der Waals surface area (Å²) in [7, 11) is 0. The standard InChI is InChI=1S/C14H12FNO2/c15-14-12(7-4-8-16-14)13(17)10-18-9-11-5-2-1-3-6-11/h1-8H,9-10H2. The van der Waals surface area contributed by atoms with Gasteiger partial charge in [-0.1, -0.05) is 30.3 Å². The lowest BCUT2D eigenvalue weighted by atomic mass is 10.2. The van der Waals surface area contributed by atoms with E-state index in [4.69, 9.17) is 4.74 Å². The maximum atomic E-state index is 13.2. The predicted octanol–water partition coefficient (Wildman–Crippen LogP) is 2.62. The maximum Gasteiger partial charge on any atom is 0.223 e. The largest absolute Gasteiger partial charge is 0.369 e. The zero-order valence-corrected chi connectivity index (χ0v) is 9.67. The molecule has 0 N–H and O–H groups in total. The van der Waals surface area contributed by atoms with E-state index >= 15 is 0 Å². The number of ketones is 1. The molecular formula is C14H12FNO2.